The number of rotatable bonds is 17. The number of carboxylic acid groups (broad SMARTS) is 1. The molecule has 2 aromatic carbocycles. The molecule has 0 radical (unpaired) electrons. The van der Waals surface area contributed by atoms with Gasteiger partial charge in [0.05, 0.1) is 5.56 Å². The van der Waals surface area contributed by atoms with E-state index in [1.807, 2.05) is 12.1 Å². The number of ether oxygens (including phenoxy) is 1. The first-order chi connectivity index (χ1) is 16.1. The molecule has 1 N–H and O–H groups in total. The highest BCUT2D eigenvalue weighted by atomic mass is 16.5. The van der Waals surface area contributed by atoms with Gasteiger partial charge >= 0.3 is 11.9 Å². The highest BCUT2D eigenvalue weighted by Gasteiger charge is 2.07. The summed E-state index contributed by atoms with van der Waals surface area (Å²) < 4.78 is 5.45. The summed E-state index contributed by atoms with van der Waals surface area (Å²) in [5, 5.41) is 8.99. The summed E-state index contributed by atoms with van der Waals surface area (Å²) in [6.45, 7) is 2.26. The Morgan fingerprint density at radius 3 is 1.52 bits per heavy atom. The molecule has 180 valence electrons. The fourth-order valence-corrected chi connectivity index (χ4v) is 3.99. The first-order valence-corrected chi connectivity index (χ1v) is 12.7. The molecule has 33 heavy (non-hydrogen) atoms. The van der Waals surface area contributed by atoms with Gasteiger partial charge in [-0.2, -0.15) is 0 Å². The summed E-state index contributed by atoms with van der Waals surface area (Å²) in [6.07, 6.45) is 17.2. The van der Waals surface area contributed by atoms with Crippen LogP contribution < -0.4 is 4.74 Å². The minimum atomic E-state index is -0.938. The summed E-state index contributed by atoms with van der Waals surface area (Å²) in [5.41, 5.74) is 2.13. The molecule has 0 aliphatic heterocycles. The maximum atomic E-state index is 12.1. The van der Waals surface area contributed by atoms with Crippen molar-refractivity contribution >= 4 is 11.9 Å². The van der Waals surface area contributed by atoms with E-state index in [0.29, 0.717) is 12.2 Å². The van der Waals surface area contributed by atoms with Gasteiger partial charge in [0.2, 0.25) is 0 Å². The predicted molar refractivity (Wildman–Crippen MR) is 135 cm³/mol. The van der Waals surface area contributed by atoms with Crippen LogP contribution in [0.25, 0.3) is 11.1 Å². The number of hydrogen-bond acceptors (Lipinski definition) is 3. The molecule has 0 aliphatic carbocycles. The van der Waals surface area contributed by atoms with Crippen molar-refractivity contribution in [3.63, 3.8) is 0 Å². The highest BCUT2D eigenvalue weighted by Crippen LogP contribution is 2.23. The average molecular weight is 453 g/mol. The monoisotopic (exact) mass is 452 g/mol. The Hall–Kier alpha value is -2.62. The number of carbonyl (C=O) groups excluding carboxylic acids is 1. The molecule has 0 aromatic heterocycles. The summed E-state index contributed by atoms with van der Waals surface area (Å²) in [7, 11) is 0. The fourth-order valence-electron chi connectivity index (χ4n) is 3.99. The Morgan fingerprint density at radius 2 is 1.06 bits per heavy atom. The lowest BCUT2D eigenvalue weighted by Gasteiger charge is -2.07. The Balaban J connectivity index is 1.53. The molecule has 0 amide bonds. The molecule has 0 heterocycles. The van der Waals surface area contributed by atoms with Crippen LogP contribution in [0.4, 0.5) is 0 Å². The molecule has 0 atom stereocenters. The Bertz CT molecular complexity index is 809. The maximum absolute atomic E-state index is 12.1. The molecule has 0 saturated heterocycles. The first-order valence-electron chi connectivity index (χ1n) is 12.7. The van der Waals surface area contributed by atoms with Gasteiger partial charge in [-0.05, 0) is 41.8 Å². The number of carbonyl (C=O) groups is 2. The summed E-state index contributed by atoms with van der Waals surface area (Å²) in [6, 6.07) is 14.0. The van der Waals surface area contributed by atoms with Crippen LogP contribution >= 0.6 is 0 Å². The number of esters is 1. The van der Waals surface area contributed by atoms with Crippen molar-refractivity contribution in [1.29, 1.82) is 0 Å². The predicted octanol–water partition coefficient (Wildman–Crippen LogP) is 8.44. The first kappa shape index (κ1) is 26.6. The molecule has 0 spiro atoms. The van der Waals surface area contributed by atoms with Gasteiger partial charge in [-0.3, -0.25) is 4.79 Å². The third-order valence-electron chi connectivity index (χ3n) is 6.04. The van der Waals surface area contributed by atoms with Crippen LogP contribution in [-0.2, 0) is 4.79 Å². The molecule has 2 aromatic rings. The molecule has 0 unspecified atom stereocenters. The van der Waals surface area contributed by atoms with Gasteiger partial charge in [0, 0.05) is 6.42 Å². The lowest BCUT2D eigenvalue weighted by molar-refractivity contribution is -0.134. The van der Waals surface area contributed by atoms with Crippen molar-refractivity contribution in [2.45, 2.75) is 96.8 Å². The lowest BCUT2D eigenvalue weighted by Crippen LogP contribution is -2.07. The van der Waals surface area contributed by atoms with Crippen molar-refractivity contribution in [2.24, 2.45) is 0 Å². The number of benzene rings is 2. The van der Waals surface area contributed by atoms with Crippen molar-refractivity contribution in [3.05, 3.63) is 54.1 Å². The van der Waals surface area contributed by atoms with E-state index in [0.717, 1.165) is 24.0 Å². The van der Waals surface area contributed by atoms with Crippen LogP contribution in [0.15, 0.2) is 48.5 Å². The van der Waals surface area contributed by atoms with E-state index in [9.17, 15) is 9.59 Å². The average Bonchev–Trinajstić information content (AvgIpc) is 2.82. The molecular formula is C29H40O4. The number of hydrogen-bond donors (Lipinski definition) is 1. The maximum Gasteiger partial charge on any atom is 0.335 e. The topological polar surface area (TPSA) is 63.6 Å². The number of aromatic carboxylic acids is 1. The van der Waals surface area contributed by atoms with Gasteiger partial charge in [-0.1, -0.05) is 108 Å². The van der Waals surface area contributed by atoms with Crippen LogP contribution in [0.1, 0.15) is 107 Å². The summed E-state index contributed by atoms with van der Waals surface area (Å²) in [4.78, 5) is 23.0. The Kier molecular flexibility index (Phi) is 13.0. The van der Waals surface area contributed by atoms with Crippen molar-refractivity contribution < 1.29 is 19.4 Å². The zero-order valence-corrected chi connectivity index (χ0v) is 20.2. The van der Waals surface area contributed by atoms with Crippen molar-refractivity contribution in [1.82, 2.24) is 0 Å². The smallest absolute Gasteiger partial charge is 0.335 e. The van der Waals surface area contributed by atoms with E-state index in [1.165, 1.54) is 70.6 Å². The van der Waals surface area contributed by atoms with E-state index in [4.69, 9.17) is 9.84 Å². The second-order valence-corrected chi connectivity index (χ2v) is 8.87. The molecule has 4 heteroatoms. The van der Waals surface area contributed by atoms with Crippen molar-refractivity contribution in [2.75, 3.05) is 0 Å². The molecule has 2 rings (SSSR count). The van der Waals surface area contributed by atoms with Crippen LogP contribution in [0.2, 0.25) is 0 Å². The van der Waals surface area contributed by atoms with E-state index >= 15 is 0 Å². The van der Waals surface area contributed by atoms with E-state index < -0.39 is 5.97 Å². The zero-order chi connectivity index (χ0) is 23.7. The minimum absolute atomic E-state index is 0.184. The molecule has 0 fully saturated rings. The molecular weight excluding hydrogens is 412 g/mol. The lowest BCUT2D eigenvalue weighted by atomic mass is 10.0. The highest BCUT2D eigenvalue weighted by molar-refractivity contribution is 5.88. The Morgan fingerprint density at radius 1 is 0.636 bits per heavy atom. The molecule has 0 bridgehead atoms. The Labute approximate surface area is 199 Å². The third-order valence-corrected chi connectivity index (χ3v) is 6.04. The number of unbranched alkanes of at least 4 members (excludes halogenated alkanes) is 12. The van der Waals surface area contributed by atoms with Gasteiger partial charge in [-0.15, -0.1) is 0 Å². The van der Waals surface area contributed by atoms with Crippen molar-refractivity contribution in [3.8, 4) is 16.9 Å². The van der Waals surface area contributed by atoms with Crippen LogP contribution in [0, 0.1) is 0 Å². The third kappa shape index (κ3) is 11.2. The van der Waals surface area contributed by atoms with Gasteiger partial charge in [0.1, 0.15) is 5.75 Å². The van der Waals surface area contributed by atoms with Gasteiger partial charge in [-0.25, -0.2) is 4.79 Å². The summed E-state index contributed by atoms with van der Waals surface area (Å²) >= 11 is 0. The van der Waals surface area contributed by atoms with Gasteiger partial charge < -0.3 is 9.84 Å². The normalized spacial score (nSPS) is 10.8. The van der Waals surface area contributed by atoms with E-state index in [2.05, 4.69) is 6.92 Å². The van der Waals surface area contributed by atoms with E-state index in [1.54, 1.807) is 36.4 Å². The fraction of sp³-hybridized carbons (Fsp3) is 0.517. The quantitative estimate of drug-likeness (QED) is 0.149. The van der Waals surface area contributed by atoms with Crippen LogP contribution in [0.5, 0.6) is 5.75 Å². The van der Waals surface area contributed by atoms with E-state index in [-0.39, 0.29) is 11.5 Å². The zero-order valence-electron chi connectivity index (χ0n) is 20.2. The largest absolute Gasteiger partial charge is 0.478 e. The SMILES string of the molecule is CCCCCCCCCCCCCCCC(=O)Oc1ccc(-c2ccc(C(=O)O)cc2)cc1. The van der Waals surface area contributed by atoms with Crippen LogP contribution in [0.3, 0.4) is 0 Å². The second-order valence-electron chi connectivity index (χ2n) is 8.87. The van der Waals surface area contributed by atoms with Crippen LogP contribution in [-0.4, -0.2) is 17.0 Å². The molecule has 0 aliphatic rings. The van der Waals surface area contributed by atoms with Gasteiger partial charge in [0.15, 0.2) is 0 Å². The second kappa shape index (κ2) is 16.1. The number of carboxylic acids is 1. The molecule has 4 nitrogen and oxygen atoms in total. The van der Waals surface area contributed by atoms with Gasteiger partial charge in [0.25, 0.3) is 0 Å². The summed E-state index contributed by atoms with van der Waals surface area (Å²) in [5.74, 6) is -0.579. The minimum Gasteiger partial charge on any atom is -0.478 e. The molecule has 0 saturated carbocycles. The standard InChI is InChI=1S/C29H40O4/c1-2-3-4-5-6-7-8-9-10-11-12-13-14-15-28(30)33-27-22-20-25(21-23-27)24-16-18-26(19-17-24)29(31)32/h16-23H,2-15H2,1H3,(H,31,32).